The molecule has 2 aromatic heterocycles. The molecule has 0 spiro atoms. The van der Waals surface area contributed by atoms with Gasteiger partial charge in [0.2, 0.25) is 5.65 Å². The molecule has 3 heterocycles. The number of aryl methyl sites for hydroxylation is 1. The molecule has 1 saturated heterocycles. The van der Waals surface area contributed by atoms with Crippen molar-refractivity contribution < 1.29 is 14.6 Å². The third-order valence-corrected chi connectivity index (χ3v) is 3.12. The molecule has 0 aromatic carbocycles. The Morgan fingerprint density at radius 1 is 1.53 bits per heavy atom. The number of morpholine rings is 1. The van der Waals surface area contributed by atoms with Crippen molar-refractivity contribution in [1.82, 2.24) is 19.6 Å². The van der Waals surface area contributed by atoms with E-state index in [9.17, 15) is 4.79 Å². The lowest BCUT2D eigenvalue weighted by Crippen LogP contribution is -2.46. The van der Waals surface area contributed by atoms with Gasteiger partial charge < -0.3 is 14.7 Å². The average molecular weight is 263 g/mol. The predicted octanol–water partition coefficient (Wildman–Crippen LogP) is -0.277. The van der Waals surface area contributed by atoms with Crippen molar-refractivity contribution in [3.8, 4) is 0 Å². The van der Waals surface area contributed by atoms with Crippen LogP contribution in [0.15, 0.2) is 12.4 Å². The van der Waals surface area contributed by atoms with Gasteiger partial charge >= 0.3 is 5.97 Å². The Morgan fingerprint density at radius 3 is 3.16 bits per heavy atom. The first kappa shape index (κ1) is 11.8. The Labute approximate surface area is 108 Å². The highest BCUT2D eigenvalue weighted by atomic mass is 16.5. The first-order chi connectivity index (χ1) is 9.16. The third-order valence-electron chi connectivity index (χ3n) is 3.12. The Morgan fingerprint density at radius 2 is 2.37 bits per heavy atom. The molecule has 8 nitrogen and oxygen atoms in total. The molecule has 1 unspecified atom stereocenters. The van der Waals surface area contributed by atoms with Crippen LogP contribution in [0.2, 0.25) is 0 Å². The maximum absolute atomic E-state index is 11.0. The smallest absolute Gasteiger partial charge is 0.334 e. The number of carbonyl (C=O) groups is 1. The summed E-state index contributed by atoms with van der Waals surface area (Å²) >= 11 is 0. The van der Waals surface area contributed by atoms with Crippen molar-refractivity contribution in [2.75, 3.05) is 24.6 Å². The van der Waals surface area contributed by atoms with E-state index in [1.165, 1.54) is 0 Å². The average Bonchev–Trinajstić information content (AvgIpc) is 2.81. The molecule has 0 bridgehead atoms. The van der Waals surface area contributed by atoms with Crippen LogP contribution in [0.25, 0.3) is 5.65 Å². The van der Waals surface area contributed by atoms with Crippen LogP contribution in [0.3, 0.4) is 0 Å². The number of carboxylic acid groups (broad SMARTS) is 1. The first-order valence-corrected chi connectivity index (χ1v) is 5.92. The second kappa shape index (κ2) is 4.47. The zero-order chi connectivity index (χ0) is 13.4. The minimum absolute atomic E-state index is 0.258. The second-order valence-electron chi connectivity index (χ2n) is 4.34. The summed E-state index contributed by atoms with van der Waals surface area (Å²) in [5.74, 6) is 0.439. The molecule has 1 N–H and O–H groups in total. The first-order valence-electron chi connectivity index (χ1n) is 5.92. The number of rotatable bonds is 2. The van der Waals surface area contributed by atoms with Crippen LogP contribution in [0, 0.1) is 6.92 Å². The largest absolute Gasteiger partial charge is 0.479 e. The quantitative estimate of drug-likeness (QED) is 0.796. The summed E-state index contributed by atoms with van der Waals surface area (Å²) in [5.41, 5.74) is 0.631. The van der Waals surface area contributed by atoms with Crippen molar-refractivity contribution in [1.29, 1.82) is 0 Å². The molecule has 8 heteroatoms. The van der Waals surface area contributed by atoms with Crippen LogP contribution in [-0.2, 0) is 9.53 Å². The van der Waals surface area contributed by atoms with Crippen LogP contribution in [0.4, 0.5) is 5.82 Å². The summed E-state index contributed by atoms with van der Waals surface area (Å²) in [7, 11) is 0. The van der Waals surface area contributed by atoms with Crippen LogP contribution in [0.1, 0.15) is 5.82 Å². The highest BCUT2D eigenvalue weighted by molar-refractivity contribution is 5.74. The monoisotopic (exact) mass is 263 g/mol. The molecule has 1 aliphatic rings. The summed E-state index contributed by atoms with van der Waals surface area (Å²) in [6.45, 7) is 3.05. The molecule has 0 amide bonds. The maximum atomic E-state index is 11.0. The van der Waals surface area contributed by atoms with Crippen molar-refractivity contribution in [3.05, 3.63) is 18.2 Å². The fraction of sp³-hybridized carbons (Fsp3) is 0.455. The molecule has 0 aliphatic carbocycles. The summed E-state index contributed by atoms with van der Waals surface area (Å²) in [6, 6.07) is 0. The normalized spacial score (nSPS) is 19.8. The fourth-order valence-electron chi connectivity index (χ4n) is 2.14. The van der Waals surface area contributed by atoms with Gasteiger partial charge in [0.05, 0.1) is 13.2 Å². The van der Waals surface area contributed by atoms with E-state index in [1.54, 1.807) is 12.4 Å². The Kier molecular flexibility index (Phi) is 2.79. The van der Waals surface area contributed by atoms with Gasteiger partial charge in [-0.05, 0) is 6.92 Å². The molecular weight excluding hydrogens is 250 g/mol. The Balaban J connectivity index is 1.97. The summed E-state index contributed by atoms with van der Waals surface area (Å²) < 4.78 is 7.02. The molecule has 0 radical (unpaired) electrons. The van der Waals surface area contributed by atoms with Crippen molar-refractivity contribution in [3.63, 3.8) is 0 Å². The van der Waals surface area contributed by atoms with E-state index in [1.807, 2.05) is 16.2 Å². The van der Waals surface area contributed by atoms with Crippen LogP contribution in [-0.4, -0.2) is 56.5 Å². The highest BCUT2D eigenvalue weighted by Gasteiger charge is 2.28. The molecule has 0 saturated carbocycles. The maximum Gasteiger partial charge on any atom is 0.334 e. The van der Waals surface area contributed by atoms with Gasteiger partial charge in [-0.15, -0.1) is 10.2 Å². The number of fused-ring (bicyclic) bond motifs is 1. The van der Waals surface area contributed by atoms with Gasteiger partial charge in [-0.3, -0.25) is 4.40 Å². The van der Waals surface area contributed by atoms with E-state index in [-0.39, 0.29) is 6.54 Å². The van der Waals surface area contributed by atoms with E-state index >= 15 is 0 Å². The van der Waals surface area contributed by atoms with E-state index in [0.29, 0.717) is 24.6 Å². The van der Waals surface area contributed by atoms with Crippen molar-refractivity contribution in [2.45, 2.75) is 13.0 Å². The van der Waals surface area contributed by atoms with E-state index in [0.717, 1.165) is 5.82 Å². The SMILES string of the molecule is Cc1nnc2c(N3CCOC(C(=O)O)C3)nccn12. The number of aromatic nitrogens is 4. The number of hydrogen-bond donors (Lipinski definition) is 1. The van der Waals surface area contributed by atoms with Gasteiger partial charge in [0.15, 0.2) is 11.9 Å². The van der Waals surface area contributed by atoms with E-state index in [2.05, 4.69) is 15.2 Å². The predicted molar refractivity (Wildman–Crippen MR) is 65.1 cm³/mol. The number of hydrogen-bond acceptors (Lipinski definition) is 6. The summed E-state index contributed by atoms with van der Waals surface area (Å²) in [6.07, 6.45) is 2.60. The Bertz CT molecular complexity index is 626. The lowest BCUT2D eigenvalue weighted by molar-refractivity contribution is -0.150. The minimum Gasteiger partial charge on any atom is -0.479 e. The van der Waals surface area contributed by atoms with Gasteiger partial charge in [-0.2, -0.15) is 0 Å². The number of anilines is 1. The lowest BCUT2D eigenvalue weighted by atomic mass is 10.2. The third kappa shape index (κ3) is 1.99. The number of carboxylic acids is 1. The van der Waals surface area contributed by atoms with Crippen molar-refractivity contribution in [2.24, 2.45) is 0 Å². The molecule has 3 rings (SSSR count). The molecule has 2 aromatic rings. The van der Waals surface area contributed by atoms with Gasteiger partial charge in [0.1, 0.15) is 5.82 Å². The molecule has 1 atom stereocenters. The minimum atomic E-state index is -0.964. The van der Waals surface area contributed by atoms with E-state index < -0.39 is 12.1 Å². The molecule has 1 aliphatic heterocycles. The summed E-state index contributed by atoms with van der Waals surface area (Å²) in [4.78, 5) is 17.2. The topological polar surface area (TPSA) is 92.8 Å². The van der Waals surface area contributed by atoms with Gasteiger partial charge in [-0.1, -0.05) is 0 Å². The summed E-state index contributed by atoms with van der Waals surface area (Å²) in [5, 5.41) is 17.1. The zero-order valence-corrected chi connectivity index (χ0v) is 10.4. The van der Waals surface area contributed by atoms with Crippen molar-refractivity contribution >= 4 is 17.4 Å². The Hall–Kier alpha value is -2.22. The molecule has 1 fully saturated rings. The van der Waals surface area contributed by atoms with Crippen LogP contribution < -0.4 is 4.90 Å². The molecule has 19 heavy (non-hydrogen) atoms. The number of ether oxygens (including phenoxy) is 1. The number of aliphatic carboxylic acids is 1. The van der Waals surface area contributed by atoms with Gasteiger partial charge in [-0.25, -0.2) is 9.78 Å². The highest BCUT2D eigenvalue weighted by Crippen LogP contribution is 2.20. The zero-order valence-electron chi connectivity index (χ0n) is 10.4. The standard InChI is InChI=1S/C11H13N5O3/c1-7-13-14-10-9(12-2-3-16(7)10)15-4-5-19-8(6-15)11(17)18/h2-3,8H,4-6H2,1H3,(H,17,18). The van der Waals surface area contributed by atoms with Crippen LogP contribution in [0.5, 0.6) is 0 Å². The molecular formula is C11H13N5O3. The number of nitrogens with zero attached hydrogens (tertiary/aromatic N) is 5. The van der Waals surface area contributed by atoms with Crippen LogP contribution >= 0.6 is 0 Å². The van der Waals surface area contributed by atoms with E-state index in [4.69, 9.17) is 9.84 Å². The molecule has 100 valence electrons. The van der Waals surface area contributed by atoms with Gasteiger partial charge in [0, 0.05) is 18.9 Å². The fourth-order valence-corrected chi connectivity index (χ4v) is 2.14. The lowest BCUT2D eigenvalue weighted by Gasteiger charge is -2.31. The van der Waals surface area contributed by atoms with Gasteiger partial charge in [0.25, 0.3) is 0 Å². The second-order valence-corrected chi connectivity index (χ2v) is 4.34.